The van der Waals surface area contributed by atoms with Crippen LogP contribution >= 0.6 is 0 Å². The van der Waals surface area contributed by atoms with Crippen LogP contribution in [-0.2, 0) is 0 Å². The molecular weight excluding hydrogens is 376 g/mol. The Bertz CT molecular complexity index is 1480. The van der Waals surface area contributed by atoms with Gasteiger partial charge in [0.05, 0.1) is 5.56 Å². The van der Waals surface area contributed by atoms with Crippen LogP contribution in [0.3, 0.4) is 0 Å². The smallest absolute Gasteiger partial charge is 0.214 e. The molecule has 0 amide bonds. The van der Waals surface area contributed by atoms with Crippen LogP contribution in [0.15, 0.2) is 94.5 Å². The number of nitrogens with zero attached hydrogens (tertiary/aromatic N) is 3. The van der Waals surface area contributed by atoms with Crippen LogP contribution in [0.5, 0.6) is 0 Å². The first-order valence-electron chi connectivity index (χ1n) is 9.41. The van der Waals surface area contributed by atoms with E-state index in [2.05, 4.69) is 10.2 Å². The highest BCUT2D eigenvalue weighted by atomic mass is 16.1. The predicted octanol–water partition coefficient (Wildman–Crippen LogP) is 3.49. The minimum absolute atomic E-state index is 0.0388. The highest BCUT2D eigenvalue weighted by Gasteiger charge is 2.23. The van der Waals surface area contributed by atoms with E-state index in [9.17, 15) is 9.59 Å². The van der Waals surface area contributed by atoms with Crippen molar-refractivity contribution in [1.82, 2.24) is 14.8 Å². The van der Waals surface area contributed by atoms with E-state index in [-0.39, 0.29) is 27.9 Å². The minimum Gasteiger partial charge on any atom is -0.384 e. The molecule has 1 aliphatic heterocycles. The molecule has 1 aliphatic carbocycles. The summed E-state index contributed by atoms with van der Waals surface area (Å²) in [5.74, 6) is 0.547. The number of anilines is 1. The summed E-state index contributed by atoms with van der Waals surface area (Å²) in [5.41, 5.74) is 7.36. The second kappa shape index (κ2) is 6.93. The number of hydrogen-bond acceptors (Lipinski definition) is 5. The quantitative estimate of drug-likeness (QED) is 0.497. The van der Waals surface area contributed by atoms with Gasteiger partial charge < -0.3 is 5.73 Å². The van der Waals surface area contributed by atoms with Crippen LogP contribution in [0.1, 0.15) is 0 Å². The molecule has 0 saturated carbocycles. The third-order valence-electron chi connectivity index (χ3n) is 5.10. The molecule has 0 saturated heterocycles. The Labute approximate surface area is 171 Å². The van der Waals surface area contributed by atoms with Crippen LogP contribution in [0, 0.1) is 0 Å². The van der Waals surface area contributed by atoms with Crippen molar-refractivity contribution in [3.8, 4) is 28.3 Å². The summed E-state index contributed by atoms with van der Waals surface area (Å²) in [6.07, 6.45) is 0. The molecule has 0 aromatic heterocycles. The van der Waals surface area contributed by atoms with E-state index < -0.39 is 0 Å². The van der Waals surface area contributed by atoms with Crippen molar-refractivity contribution >= 4 is 16.6 Å². The van der Waals surface area contributed by atoms with Crippen molar-refractivity contribution in [3.63, 3.8) is 0 Å². The summed E-state index contributed by atoms with van der Waals surface area (Å²) in [6, 6.07) is 25.4. The third-order valence-corrected chi connectivity index (χ3v) is 5.10. The summed E-state index contributed by atoms with van der Waals surface area (Å²) in [7, 11) is 0. The summed E-state index contributed by atoms with van der Waals surface area (Å²) >= 11 is 0. The molecule has 0 unspecified atom stereocenters. The maximum Gasteiger partial charge on any atom is 0.214 e. The van der Waals surface area contributed by atoms with Crippen LogP contribution in [0.4, 0.5) is 5.82 Å². The Morgan fingerprint density at radius 3 is 1.90 bits per heavy atom. The number of nitrogen functional groups attached to an aromatic ring is 1. The molecule has 3 aromatic carbocycles. The van der Waals surface area contributed by atoms with Gasteiger partial charge in [-0.2, -0.15) is 0 Å². The zero-order valence-corrected chi connectivity index (χ0v) is 15.8. The maximum atomic E-state index is 13.3. The van der Waals surface area contributed by atoms with Crippen molar-refractivity contribution in [3.05, 3.63) is 105 Å². The van der Waals surface area contributed by atoms with Gasteiger partial charge in [0.25, 0.3) is 0 Å². The molecule has 2 N–H and O–H groups in total. The summed E-state index contributed by atoms with van der Waals surface area (Å²) in [5, 5.41) is 9.22. The van der Waals surface area contributed by atoms with Gasteiger partial charge in [-0.25, -0.2) is 0 Å². The molecule has 3 aromatic rings. The topological polar surface area (TPSA) is 90.9 Å². The van der Waals surface area contributed by atoms with Gasteiger partial charge in [-0.15, -0.1) is 10.2 Å². The Morgan fingerprint density at radius 2 is 1.23 bits per heavy atom. The fourth-order valence-corrected chi connectivity index (χ4v) is 3.68. The average molecular weight is 392 g/mol. The largest absolute Gasteiger partial charge is 0.384 e. The SMILES string of the molecule is Nc1c2c(=O)c3ccccc3c(=O)c-2nnc(-c2ccccc2)n1-c1ccccc1. The lowest BCUT2D eigenvalue weighted by Gasteiger charge is -2.14. The van der Waals surface area contributed by atoms with Crippen molar-refractivity contribution in [2.45, 2.75) is 0 Å². The summed E-state index contributed by atoms with van der Waals surface area (Å²) < 4.78 is 1.67. The van der Waals surface area contributed by atoms with Gasteiger partial charge >= 0.3 is 0 Å². The van der Waals surface area contributed by atoms with Gasteiger partial charge in [0.1, 0.15) is 11.5 Å². The number of para-hydroxylation sites is 1. The van der Waals surface area contributed by atoms with E-state index in [0.29, 0.717) is 22.3 Å². The van der Waals surface area contributed by atoms with Crippen LogP contribution < -0.4 is 16.6 Å². The van der Waals surface area contributed by atoms with Crippen molar-refractivity contribution in [2.75, 3.05) is 5.73 Å². The van der Waals surface area contributed by atoms with E-state index in [1.807, 2.05) is 60.7 Å². The zero-order valence-electron chi connectivity index (χ0n) is 15.8. The number of fused-ring (bicyclic) bond motifs is 2. The van der Waals surface area contributed by atoms with Crippen LogP contribution in [0.2, 0.25) is 0 Å². The molecule has 0 spiro atoms. The molecule has 30 heavy (non-hydrogen) atoms. The molecule has 144 valence electrons. The molecule has 6 heteroatoms. The lowest BCUT2D eigenvalue weighted by molar-refractivity contribution is 0.973. The first-order chi connectivity index (χ1) is 14.7. The van der Waals surface area contributed by atoms with Crippen molar-refractivity contribution in [2.24, 2.45) is 0 Å². The molecule has 0 bridgehead atoms. The fraction of sp³-hybridized carbons (Fsp3) is 0. The second-order valence-corrected chi connectivity index (χ2v) is 6.87. The lowest BCUT2D eigenvalue weighted by Crippen LogP contribution is -2.20. The van der Waals surface area contributed by atoms with E-state index >= 15 is 0 Å². The standard InChI is InChI=1S/C24H16N4O2/c25-23-19-20(22(30)18-14-8-7-13-17(18)21(19)29)26-27-24(15-9-3-1-4-10-15)28(23)16-11-5-2-6-12-16/h1-14H,25H2. The van der Waals surface area contributed by atoms with Crippen LogP contribution in [0.25, 0.3) is 39.1 Å². The molecule has 6 nitrogen and oxygen atoms in total. The van der Waals surface area contributed by atoms with E-state index in [4.69, 9.17) is 5.73 Å². The second-order valence-electron chi connectivity index (χ2n) is 6.87. The van der Waals surface area contributed by atoms with Crippen molar-refractivity contribution < 1.29 is 0 Å². The van der Waals surface area contributed by atoms with Gasteiger partial charge in [-0.1, -0.05) is 72.8 Å². The molecule has 1 heterocycles. The van der Waals surface area contributed by atoms with E-state index in [1.54, 1.807) is 28.8 Å². The van der Waals surface area contributed by atoms with Gasteiger partial charge in [0, 0.05) is 22.0 Å². The fourth-order valence-electron chi connectivity index (χ4n) is 3.68. The third kappa shape index (κ3) is 2.66. The Kier molecular flexibility index (Phi) is 4.10. The molecule has 5 rings (SSSR count). The highest BCUT2D eigenvalue weighted by Crippen LogP contribution is 2.29. The van der Waals surface area contributed by atoms with Gasteiger partial charge in [0.2, 0.25) is 5.43 Å². The molecule has 0 radical (unpaired) electrons. The van der Waals surface area contributed by atoms with Gasteiger partial charge in [0.15, 0.2) is 11.3 Å². The van der Waals surface area contributed by atoms with Gasteiger partial charge in [-0.05, 0) is 12.1 Å². The summed E-state index contributed by atoms with van der Waals surface area (Å²) in [4.78, 5) is 26.5. The minimum atomic E-state index is -0.366. The monoisotopic (exact) mass is 392 g/mol. The summed E-state index contributed by atoms with van der Waals surface area (Å²) in [6.45, 7) is 0. The van der Waals surface area contributed by atoms with Crippen LogP contribution in [-0.4, -0.2) is 14.8 Å². The zero-order chi connectivity index (χ0) is 20.7. The normalized spacial score (nSPS) is 11.1. The predicted molar refractivity (Wildman–Crippen MR) is 118 cm³/mol. The molecule has 0 atom stereocenters. The van der Waals surface area contributed by atoms with E-state index in [0.717, 1.165) is 5.56 Å². The average Bonchev–Trinajstić information content (AvgIpc) is 2.95. The first-order valence-corrected chi connectivity index (χ1v) is 9.41. The number of hydrogen-bond donors (Lipinski definition) is 1. The van der Waals surface area contributed by atoms with Crippen molar-refractivity contribution in [1.29, 1.82) is 0 Å². The van der Waals surface area contributed by atoms with Gasteiger partial charge in [-0.3, -0.25) is 14.2 Å². The maximum absolute atomic E-state index is 13.3. The number of benzene rings is 4. The highest BCUT2D eigenvalue weighted by molar-refractivity contribution is 5.92. The molecule has 0 fully saturated rings. The van der Waals surface area contributed by atoms with E-state index in [1.165, 1.54) is 0 Å². The molecular formula is C24H16N4O2. The Balaban J connectivity index is 2.03. The number of nitrogens with two attached hydrogens (primary N) is 1. The Morgan fingerprint density at radius 1 is 0.667 bits per heavy atom. The number of rotatable bonds is 2. The lowest BCUT2D eigenvalue weighted by atomic mass is 10.0. The first kappa shape index (κ1) is 17.8. The number of aromatic nitrogens is 3. The Hall–Kier alpha value is -4.32. The molecule has 2 aliphatic rings.